The van der Waals surface area contributed by atoms with Crippen LogP contribution >= 0.6 is 46.4 Å². The Bertz CT molecular complexity index is 1880. The predicted molar refractivity (Wildman–Crippen MR) is 200 cm³/mol. The van der Waals surface area contributed by atoms with Crippen molar-refractivity contribution >= 4 is 58.1 Å². The van der Waals surface area contributed by atoms with E-state index < -0.39 is 0 Å². The second-order valence-corrected chi connectivity index (χ2v) is 16.3. The fraction of sp³-hybridized carbons (Fsp3) is 0.385. The lowest BCUT2D eigenvalue weighted by Gasteiger charge is -2.48. The second kappa shape index (κ2) is 12.9. The number of ketones is 1. The number of pyridine rings is 2. The molecule has 11 heteroatoms. The lowest BCUT2D eigenvalue weighted by molar-refractivity contribution is -0.121. The summed E-state index contributed by atoms with van der Waals surface area (Å²) in [4.78, 5) is 38.0. The van der Waals surface area contributed by atoms with Crippen LogP contribution in [0.15, 0.2) is 48.5 Å². The van der Waals surface area contributed by atoms with Gasteiger partial charge in [-0.3, -0.25) is 24.4 Å². The van der Waals surface area contributed by atoms with Gasteiger partial charge in [0.1, 0.15) is 10.9 Å². The molecule has 1 aliphatic carbocycles. The Morgan fingerprint density at radius 1 is 0.740 bits per heavy atom. The fourth-order valence-electron chi connectivity index (χ4n) is 8.52. The number of amides is 1. The summed E-state index contributed by atoms with van der Waals surface area (Å²) in [6.45, 7) is 8.90. The van der Waals surface area contributed by atoms with Crippen molar-refractivity contribution in [2.24, 2.45) is 5.41 Å². The number of benzene rings is 2. The standard InChI is InChI=1S/C39H37Cl4N5O2/c1-22-13-32(45-37(43)29(22)16-47-18-38(19-47)11-9-24(49)15-38)27-7-3-5-25(35(27)41)26-6-4-8-28(36(26)42)33-14-31(40)30(23(2)44-33)17-48-20-39(21-48)12-10-34(50)46-39/h3-8,13-14H,9-12,15-21H2,1-2H3,(H,46,50). The maximum absolute atomic E-state index is 11.9. The van der Waals surface area contributed by atoms with Crippen molar-refractivity contribution in [2.75, 3.05) is 26.2 Å². The molecule has 1 amide bonds. The van der Waals surface area contributed by atoms with Crippen LogP contribution in [0.2, 0.25) is 20.2 Å². The van der Waals surface area contributed by atoms with Crippen LogP contribution in [0.1, 0.15) is 54.5 Å². The van der Waals surface area contributed by atoms with Crippen LogP contribution in [0.25, 0.3) is 33.6 Å². The van der Waals surface area contributed by atoms with Gasteiger partial charge in [-0.2, -0.15) is 0 Å². The van der Waals surface area contributed by atoms with Gasteiger partial charge >= 0.3 is 0 Å². The van der Waals surface area contributed by atoms with Crippen molar-refractivity contribution in [3.8, 4) is 33.6 Å². The van der Waals surface area contributed by atoms with E-state index in [-0.39, 0.29) is 16.9 Å². The molecule has 1 N–H and O–H groups in total. The first-order valence-electron chi connectivity index (χ1n) is 17.1. The number of carbonyl (C=O) groups is 2. The zero-order chi connectivity index (χ0) is 34.9. The molecule has 0 atom stereocenters. The minimum Gasteiger partial charge on any atom is -0.348 e. The molecular weight excluding hydrogens is 712 g/mol. The topological polar surface area (TPSA) is 78.4 Å². The molecule has 4 fully saturated rings. The molecule has 8 rings (SSSR count). The van der Waals surface area contributed by atoms with Gasteiger partial charge in [-0.25, -0.2) is 4.98 Å². The average Bonchev–Trinajstić information content (AvgIpc) is 3.63. The van der Waals surface area contributed by atoms with Crippen molar-refractivity contribution in [1.29, 1.82) is 0 Å². The minimum atomic E-state index is -0.0844. The van der Waals surface area contributed by atoms with Gasteiger partial charge in [0.2, 0.25) is 5.91 Å². The van der Waals surface area contributed by atoms with Crippen LogP contribution in [0.4, 0.5) is 0 Å². The summed E-state index contributed by atoms with van der Waals surface area (Å²) < 4.78 is 0. The van der Waals surface area contributed by atoms with E-state index in [1.54, 1.807) is 0 Å². The van der Waals surface area contributed by atoms with E-state index in [0.717, 1.165) is 83.7 Å². The molecular formula is C39H37Cl4N5O2. The van der Waals surface area contributed by atoms with E-state index in [4.69, 9.17) is 56.4 Å². The highest BCUT2D eigenvalue weighted by molar-refractivity contribution is 6.39. The number of hydrogen-bond acceptors (Lipinski definition) is 6. The molecule has 2 aromatic heterocycles. The summed E-state index contributed by atoms with van der Waals surface area (Å²) in [6.07, 6.45) is 3.89. The van der Waals surface area contributed by atoms with Crippen molar-refractivity contribution in [3.05, 3.63) is 91.1 Å². The van der Waals surface area contributed by atoms with E-state index in [1.807, 2.05) is 55.5 Å². The van der Waals surface area contributed by atoms with Crippen molar-refractivity contribution in [2.45, 2.75) is 64.6 Å². The van der Waals surface area contributed by atoms with E-state index in [1.165, 1.54) is 0 Å². The van der Waals surface area contributed by atoms with Crippen LogP contribution in [0.5, 0.6) is 0 Å². The van der Waals surface area contributed by atoms with E-state index in [2.05, 4.69) is 22.0 Å². The lowest BCUT2D eigenvalue weighted by atomic mass is 9.78. The van der Waals surface area contributed by atoms with Crippen LogP contribution in [0.3, 0.4) is 0 Å². The van der Waals surface area contributed by atoms with E-state index in [9.17, 15) is 9.59 Å². The minimum absolute atomic E-state index is 0.0844. The van der Waals surface area contributed by atoms with E-state index in [0.29, 0.717) is 69.7 Å². The van der Waals surface area contributed by atoms with Crippen LogP contribution < -0.4 is 5.32 Å². The summed E-state index contributed by atoms with van der Waals surface area (Å²) in [6, 6.07) is 15.6. The van der Waals surface area contributed by atoms with Crippen molar-refractivity contribution in [3.63, 3.8) is 0 Å². The maximum Gasteiger partial charge on any atom is 0.220 e. The van der Waals surface area contributed by atoms with Gasteiger partial charge in [0.25, 0.3) is 0 Å². The Labute approximate surface area is 312 Å². The van der Waals surface area contributed by atoms with Gasteiger partial charge in [-0.15, -0.1) is 0 Å². The molecule has 258 valence electrons. The van der Waals surface area contributed by atoms with Gasteiger partial charge < -0.3 is 5.32 Å². The molecule has 0 unspecified atom stereocenters. The lowest BCUT2D eigenvalue weighted by Crippen LogP contribution is -2.66. The molecule has 2 spiro atoms. The maximum atomic E-state index is 11.9. The quantitative estimate of drug-likeness (QED) is 0.191. The molecule has 3 aliphatic heterocycles. The number of likely N-dealkylation sites (tertiary alicyclic amines) is 2. The number of nitrogens with one attached hydrogen (secondary N) is 1. The molecule has 7 nitrogen and oxygen atoms in total. The molecule has 50 heavy (non-hydrogen) atoms. The number of Topliss-reactive ketones (excluding diaryl/α,β-unsaturated/α-hetero) is 1. The second-order valence-electron chi connectivity index (χ2n) is 14.8. The first-order chi connectivity index (χ1) is 23.9. The number of aryl methyl sites for hydroxylation is 2. The van der Waals surface area contributed by atoms with E-state index >= 15 is 0 Å². The number of aromatic nitrogens is 2. The molecule has 1 saturated carbocycles. The Kier molecular flexibility index (Phi) is 8.77. The molecule has 0 bridgehead atoms. The van der Waals surface area contributed by atoms with Crippen LogP contribution in [-0.4, -0.2) is 63.2 Å². The number of hydrogen-bond donors (Lipinski definition) is 1. The summed E-state index contributed by atoms with van der Waals surface area (Å²) in [7, 11) is 0. The number of rotatable bonds is 7. The van der Waals surface area contributed by atoms with Gasteiger partial charge in [-0.05, 0) is 44.4 Å². The van der Waals surface area contributed by atoms with Gasteiger partial charge in [0.15, 0.2) is 0 Å². The highest BCUT2D eigenvalue weighted by Gasteiger charge is 2.48. The molecule has 2 aromatic carbocycles. The number of halogens is 4. The Balaban J connectivity index is 1.02. The fourth-order valence-corrected chi connectivity index (χ4v) is 9.76. The first-order valence-corrected chi connectivity index (χ1v) is 18.6. The van der Waals surface area contributed by atoms with Crippen molar-refractivity contribution in [1.82, 2.24) is 25.1 Å². The Morgan fingerprint density at radius 2 is 1.34 bits per heavy atom. The predicted octanol–water partition coefficient (Wildman–Crippen LogP) is 8.73. The highest BCUT2D eigenvalue weighted by atomic mass is 35.5. The summed E-state index contributed by atoms with van der Waals surface area (Å²) in [5.74, 6) is 0.523. The third-order valence-electron chi connectivity index (χ3n) is 11.1. The van der Waals surface area contributed by atoms with Crippen LogP contribution in [0, 0.1) is 19.3 Å². The van der Waals surface area contributed by atoms with Gasteiger partial charge in [-0.1, -0.05) is 82.8 Å². The molecule has 3 saturated heterocycles. The first kappa shape index (κ1) is 34.1. The molecule has 4 aromatic rings. The Morgan fingerprint density at radius 3 is 1.90 bits per heavy atom. The number of carbonyl (C=O) groups excluding carboxylic acids is 2. The number of nitrogens with zero attached hydrogens (tertiary/aromatic N) is 4. The SMILES string of the molecule is Cc1cc(-c2cccc(-c3cccc(-c4cc(Cl)c(CN5CC6(CCC(=O)N6)C5)c(C)n4)c3Cl)c2Cl)nc(Cl)c1CN1CC2(CCC(=O)C2)C1. The molecule has 4 aliphatic rings. The summed E-state index contributed by atoms with van der Waals surface area (Å²) in [5, 5.41) is 5.29. The normalized spacial score (nSPS) is 19.6. The van der Waals surface area contributed by atoms with Crippen LogP contribution in [-0.2, 0) is 22.7 Å². The smallest absolute Gasteiger partial charge is 0.220 e. The Hall–Kier alpha value is -3.04. The van der Waals surface area contributed by atoms with Gasteiger partial charge in [0, 0.05) is 108 Å². The zero-order valence-corrected chi connectivity index (χ0v) is 31.0. The summed E-state index contributed by atoms with van der Waals surface area (Å²) >= 11 is 28.0. The van der Waals surface area contributed by atoms with Gasteiger partial charge in [0.05, 0.1) is 27.0 Å². The third kappa shape index (κ3) is 6.14. The zero-order valence-electron chi connectivity index (χ0n) is 28.0. The average molecular weight is 750 g/mol. The van der Waals surface area contributed by atoms with Crippen molar-refractivity contribution < 1.29 is 9.59 Å². The molecule has 5 heterocycles. The monoisotopic (exact) mass is 747 g/mol. The summed E-state index contributed by atoms with van der Waals surface area (Å²) in [5.41, 5.74) is 8.40. The third-order valence-corrected chi connectivity index (χ3v) is 12.6. The largest absolute Gasteiger partial charge is 0.348 e. The highest BCUT2D eigenvalue weighted by Crippen LogP contribution is 2.46. The molecule has 0 radical (unpaired) electrons.